The lowest BCUT2D eigenvalue weighted by Gasteiger charge is -2.32. The molecule has 1 saturated heterocycles. The van der Waals surface area contributed by atoms with Crippen molar-refractivity contribution in [2.45, 2.75) is 45.3 Å². The van der Waals surface area contributed by atoms with Crippen molar-refractivity contribution in [3.05, 3.63) is 22.4 Å². The van der Waals surface area contributed by atoms with Crippen molar-refractivity contribution in [3.63, 3.8) is 0 Å². The zero-order chi connectivity index (χ0) is 17.5. The van der Waals surface area contributed by atoms with Gasteiger partial charge in [-0.15, -0.1) is 5.10 Å². The lowest BCUT2D eigenvalue weighted by Crippen LogP contribution is -2.42. The Hall–Kier alpha value is -1.70. The number of halogens is 2. The Bertz CT molecular complexity index is 763. The maximum Gasteiger partial charge on any atom is 0.410 e. The molecule has 1 fully saturated rings. The second-order valence-corrected chi connectivity index (χ2v) is 7.89. The molecular formula is C16H20BrFN4O2. The van der Waals surface area contributed by atoms with Crippen molar-refractivity contribution in [2.24, 2.45) is 0 Å². The smallest absolute Gasteiger partial charge is 0.410 e. The van der Waals surface area contributed by atoms with E-state index in [2.05, 4.69) is 26.1 Å². The van der Waals surface area contributed by atoms with Gasteiger partial charge in [-0.05, 0) is 45.7 Å². The van der Waals surface area contributed by atoms with Gasteiger partial charge in [-0.3, -0.25) is 0 Å². The molecule has 1 aliphatic heterocycles. The summed E-state index contributed by atoms with van der Waals surface area (Å²) in [5.74, 6) is -0.392. The molecule has 0 spiro atoms. The molecule has 1 aromatic heterocycles. The number of fused-ring (bicyclic) bond motifs is 1. The van der Waals surface area contributed by atoms with Gasteiger partial charge in [0.05, 0.1) is 6.04 Å². The van der Waals surface area contributed by atoms with Crippen molar-refractivity contribution in [2.75, 3.05) is 13.1 Å². The largest absolute Gasteiger partial charge is 0.444 e. The monoisotopic (exact) mass is 398 g/mol. The van der Waals surface area contributed by atoms with Crippen LogP contribution in [0, 0.1) is 5.82 Å². The van der Waals surface area contributed by atoms with Gasteiger partial charge in [0.1, 0.15) is 16.6 Å². The van der Waals surface area contributed by atoms with Crippen LogP contribution in [0.5, 0.6) is 0 Å². The summed E-state index contributed by atoms with van der Waals surface area (Å²) in [6, 6.07) is 3.18. The van der Waals surface area contributed by atoms with E-state index in [-0.39, 0.29) is 17.7 Å². The Kier molecular flexibility index (Phi) is 4.50. The first kappa shape index (κ1) is 17.1. The lowest BCUT2D eigenvalue weighted by molar-refractivity contribution is 0.0180. The Morgan fingerprint density at radius 2 is 1.96 bits per heavy atom. The number of amides is 1. The lowest BCUT2D eigenvalue weighted by atomic mass is 10.1. The fourth-order valence-electron chi connectivity index (χ4n) is 2.73. The van der Waals surface area contributed by atoms with Gasteiger partial charge in [0.2, 0.25) is 0 Å². The van der Waals surface area contributed by atoms with E-state index >= 15 is 0 Å². The number of nitrogens with zero attached hydrogens (tertiary/aromatic N) is 4. The Labute approximate surface area is 148 Å². The summed E-state index contributed by atoms with van der Waals surface area (Å²) in [5.41, 5.74) is 0.296. The molecule has 6 nitrogen and oxygen atoms in total. The summed E-state index contributed by atoms with van der Waals surface area (Å²) < 4.78 is 20.0. The van der Waals surface area contributed by atoms with E-state index in [4.69, 9.17) is 4.74 Å². The molecule has 0 bridgehead atoms. The summed E-state index contributed by atoms with van der Waals surface area (Å²) in [6.07, 6.45) is 1.13. The molecule has 2 aromatic rings. The van der Waals surface area contributed by atoms with Gasteiger partial charge in [0.15, 0.2) is 5.82 Å². The summed E-state index contributed by atoms with van der Waals surface area (Å²) in [7, 11) is 0. The van der Waals surface area contributed by atoms with Crippen molar-refractivity contribution in [1.82, 2.24) is 19.9 Å². The molecule has 1 amide bonds. The van der Waals surface area contributed by atoms with Crippen molar-refractivity contribution in [3.8, 4) is 0 Å². The molecule has 24 heavy (non-hydrogen) atoms. The number of hydrogen-bond acceptors (Lipinski definition) is 4. The number of ether oxygens (including phenoxy) is 1. The first-order valence-corrected chi connectivity index (χ1v) is 8.72. The molecule has 0 N–H and O–H groups in total. The van der Waals surface area contributed by atoms with E-state index < -0.39 is 11.4 Å². The maximum atomic E-state index is 13.9. The van der Waals surface area contributed by atoms with Gasteiger partial charge >= 0.3 is 6.09 Å². The predicted octanol–water partition coefficient (Wildman–Crippen LogP) is 3.90. The van der Waals surface area contributed by atoms with E-state index in [1.807, 2.05) is 20.8 Å². The Morgan fingerprint density at radius 3 is 2.58 bits per heavy atom. The van der Waals surface area contributed by atoms with Gasteiger partial charge in [-0.1, -0.05) is 15.9 Å². The van der Waals surface area contributed by atoms with E-state index in [0.717, 1.165) is 0 Å². The number of aromatic nitrogens is 3. The van der Waals surface area contributed by atoms with E-state index in [9.17, 15) is 9.18 Å². The number of carbonyl (C=O) groups is 1. The van der Waals surface area contributed by atoms with Crippen LogP contribution < -0.4 is 0 Å². The van der Waals surface area contributed by atoms with Crippen LogP contribution in [0.1, 0.15) is 39.7 Å². The summed E-state index contributed by atoms with van der Waals surface area (Å²) in [6.45, 7) is 6.70. The number of carbonyl (C=O) groups excluding carboxylic acids is 1. The van der Waals surface area contributed by atoms with Crippen molar-refractivity contribution >= 4 is 33.1 Å². The minimum absolute atomic E-state index is 0.0502. The summed E-state index contributed by atoms with van der Waals surface area (Å²) in [4.78, 5) is 15.4. The number of piperidine rings is 1. The van der Waals surface area contributed by atoms with Crippen molar-refractivity contribution < 1.29 is 13.9 Å². The van der Waals surface area contributed by atoms with Crippen LogP contribution in [-0.2, 0) is 4.74 Å². The van der Waals surface area contributed by atoms with E-state index in [1.165, 1.54) is 6.07 Å². The third-order valence-corrected chi connectivity index (χ3v) is 4.32. The Balaban J connectivity index is 1.69. The first-order valence-electron chi connectivity index (χ1n) is 7.92. The van der Waals surface area contributed by atoms with Crippen LogP contribution in [0.15, 0.2) is 16.6 Å². The number of benzene rings is 1. The average Bonchev–Trinajstić information content (AvgIpc) is 2.90. The molecular weight excluding hydrogens is 379 g/mol. The van der Waals surface area contributed by atoms with Crippen molar-refractivity contribution in [1.29, 1.82) is 0 Å². The molecule has 0 saturated carbocycles. The third-order valence-electron chi connectivity index (χ3n) is 3.86. The average molecular weight is 399 g/mol. The molecule has 0 radical (unpaired) electrons. The van der Waals surface area contributed by atoms with Crippen LogP contribution in [0.2, 0.25) is 0 Å². The number of rotatable bonds is 1. The highest BCUT2D eigenvalue weighted by Crippen LogP contribution is 2.26. The van der Waals surface area contributed by atoms with Crippen LogP contribution in [-0.4, -0.2) is 44.7 Å². The molecule has 130 valence electrons. The van der Waals surface area contributed by atoms with E-state index in [1.54, 1.807) is 15.8 Å². The van der Waals surface area contributed by atoms with Crippen LogP contribution >= 0.6 is 15.9 Å². The maximum absolute atomic E-state index is 13.9. The normalized spacial score (nSPS) is 16.6. The molecule has 0 atom stereocenters. The van der Waals surface area contributed by atoms with E-state index in [0.29, 0.717) is 35.9 Å². The highest BCUT2D eigenvalue weighted by Gasteiger charge is 2.28. The predicted molar refractivity (Wildman–Crippen MR) is 91.3 cm³/mol. The molecule has 0 aliphatic carbocycles. The minimum atomic E-state index is -0.500. The van der Waals surface area contributed by atoms with Gasteiger partial charge in [0, 0.05) is 17.6 Å². The van der Waals surface area contributed by atoms with Crippen LogP contribution in [0.3, 0.4) is 0 Å². The van der Waals surface area contributed by atoms with Gasteiger partial charge in [-0.25, -0.2) is 9.18 Å². The molecule has 1 aromatic carbocycles. The second-order valence-electron chi connectivity index (χ2n) is 6.97. The molecule has 1 aliphatic rings. The fourth-order valence-corrected chi connectivity index (χ4v) is 3.15. The molecule has 0 unspecified atom stereocenters. The van der Waals surface area contributed by atoms with Gasteiger partial charge in [-0.2, -0.15) is 9.90 Å². The third kappa shape index (κ3) is 3.68. The molecule has 3 rings (SSSR count). The topological polar surface area (TPSA) is 60.2 Å². The number of likely N-dealkylation sites (tertiary alicyclic amines) is 1. The van der Waals surface area contributed by atoms with Crippen LogP contribution in [0.4, 0.5) is 9.18 Å². The summed E-state index contributed by atoms with van der Waals surface area (Å²) in [5, 5.41) is 8.67. The highest BCUT2D eigenvalue weighted by molar-refractivity contribution is 9.10. The SMILES string of the molecule is CC(C)(C)OC(=O)N1CCC(n2nc3cc(Br)cc(F)c3n2)CC1. The minimum Gasteiger partial charge on any atom is -0.444 e. The first-order chi connectivity index (χ1) is 11.2. The zero-order valence-corrected chi connectivity index (χ0v) is 15.5. The zero-order valence-electron chi connectivity index (χ0n) is 13.9. The molecule has 2 heterocycles. The quantitative estimate of drug-likeness (QED) is 0.730. The second kappa shape index (κ2) is 6.31. The number of hydrogen-bond donors (Lipinski definition) is 0. The standard InChI is InChI=1S/C16H20BrFN4O2/c1-16(2,3)24-15(23)21-6-4-11(5-7-21)22-19-13-9-10(17)8-12(18)14(13)20-22/h8-9,11H,4-7H2,1-3H3. The van der Waals surface area contributed by atoms with Crippen LogP contribution in [0.25, 0.3) is 11.0 Å². The molecule has 8 heteroatoms. The summed E-state index contributed by atoms with van der Waals surface area (Å²) >= 11 is 3.26. The van der Waals surface area contributed by atoms with Gasteiger partial charge < -0.3 is 9.64 Å². The fraction of sp³-hybridized carbons (Fsp3) is 0.562. The Morgan fingerprint density at radius 1 is 1.29 bits per heavy atom. The highest BCUT2D eigenvalue weighted by atomic mass is 79.9. The van der Waals surface area contributed by atoms with Gasteiger partial charge in [0.25, 0.3) is 0 Å².